The molecular weight excluding hydrogens is 301 g/mol. The highest BCUT2D eigenvalue weighted by Crippen LogP contribution is 2.37. The minimum Gasteiger partial charge on any atom is -0.481 e. The first-order valence-corrected chi connectivity index (χ1v) is 7.84. The van der Waals surface area contributed by atoms with E-state index in [-0.39, 0.29) is 24.7 Å². The van der Waals surface area contributed by atoms with Gasteiger partial charge < -0.3 is 14.7 Å². The summed E-state index contributed by atoms with van der Waals surface area (Å²) in [7, 11) is 0. The molecule has 0 aromatic heterocycles. The fourth-order valence-corrected chi connectivity index (χ4v) is 3.07. The van der Waals surface area contributed by atoms with Crippen molar-refractivity contribution in [1.29, 1.82) is 0 Å². The maximum Gasteiger partial charge on any atom is 0.305 e. The Bertz CT molecular complexity index is 569. The number of aliphatic carboxylic acids is 1. The summed E-state index contributed by atoms with van der Waals surface area (Å²) < 4.78 is 19.0. The van der Waals surface area contributed by atoms with E-state index in [1.54, 1.807) is 17.0 Å². The van der Waals surface area contributed by atoms with Crippen LogP contribution in [-0.4, -0.2) is 48.2 Å². The van der Waals surface area contributed by atoms with Crippen molar-refractivity contribution in [3.63, 3.8) is 0 Å². The molecule has 0 atom stereocenters. The zero-order chi connectivity index (χ0) is 16.9. The number of benzene rings is 1. The van der Waals surface area contributed by atoms with Gasteiger partial charge >= 0.3 is 5.97 Å². The Labute approximate surface area is 135 Å². The van der Waals surface area contributed by atoms with Gasteiger partial charge in [-0.15, -0.1) is 0 Å². The van der Waals surface area contributed by atoms with E-state index < -0.39 is 11.4 Å². The first-order chi connectivity index (χ1) is 11.0. The number of likely N-dealkylation sites (N-methyl/N-ethyl adjacent to an activating group) is 1. The third-order valence-corrected chi connectivity index (χ3v) is 4.40. The number of hydrogen-bond donors (Lipinski definition) is 1. The van der Waals surface area contributed by atoms with Crippen molar-refractivity contribution < 1.29 is 23.8 Å². The second-order valence-corrected chi connectivity index (χ2v) is 5.73. The smallest absolute Gasteiger partial charge is 0.305 e. The third-order valence-electron chi connectivity index (χ3n) is 4.40. The molecule has 1 aliphatic heterocycles. The average Bonchev–Trinajstić information content (AvgIpc) is 2.55. The summed E-state index contributed by atoms with van der Waals surface area (Å²) in [6.07, 6.45) is 0.840. The Morgan fingerprint density at radius 1 is 1.35 bits per heavy atom. The maximum atomic E-state index is 13.7. The first kappa shape index (κ1) is 17.4. The molecule has 1 aromatic rings. The quantitative estimate of drug-likeness (QED) is 0.871. The molecule has 5 nitrogen and oxygen atoms in total. The third kappa shape index (κ3) is 3.88. The Morgan fingerprint density at radius 2 is 2.04 bits per heavy atom. The summed E-state index contributed by atoms with van der Waals surface area (Å²) in [5.74, 6) is -1.46. The van der Waals surface area contributed by atoms with E-state index in [1.807, 2.05) is 6.92 Å². The molecule has 1 N–H and O–H groups in total. The van der Waals surface area contributed by atoms with Crippen molar-refractivity contribution in [2.75, 3.05) is 26.3 Å². The molecule has 0 radical (unpaired) electrons. The SMILES string of the molecule is CCN(CCC(=O)O)C(=O)C1(c2cccc(F)c2)CCOCC1. The number of hydrogen-bond acceptors (Lipinski definition) is 3. The molecule has 2 rings (SSSR count). The fourth-order valence-electron chi connectivity index (χ4n) is 3.07. The monoisotopic (exact) mass is 323 g/mol. The molecule has 126 valence electrons. The molecule has 1 saturated heterocycles. The van der Waals surface area contributed by atoms with Gasteiger partial charge in [0.2, 0.25) is 5.91 Å². The highest BCUT2D eigenvalue weighted by Gasteiger charge is 2.43. The predicted octanol–water partition coefficient (Wildman–Crippen LogP) is 2.20. The minimum absolute atomic E-state index is 0.102. The van der Waals surface area contributed by atoms with Crippen LogP contribution < -0.4 is 0 Å². The normalized spacial score (nSPS) is 16.8. The molecule has 0 saturated carbocycles. The summed E-state index contributed by atoms with van der Waals surface area (Å²) >= 11 is 0. The van der Waals surface area contributed by atoms with Gasteiger partial charge in [0.1, 0.15) is 5.82 Å². The van der Waals surface area contributed by atoms with Gasteiger partial charge in [-0.1, -0.05) is 12.1 Å². The first-order valence-electron chi connectivity index (χ1n) is 7.84. The van der Waals surface area contributed by atoms with Gasteiger partial charge in [0.25, 0.3) is 0 Å². The van der Waals surface area contributed by atoms with Crippen LogP contribution in [0.5, 0.6) is 0 Å². The van der Waals surface area contributed by atoms with Gasteiger partial charge in [0.15, 0.2) is 0 Å². The van der Waals surface area contributed by atoms with E-state index in [0.29, 0.717) is 38.2 Å². The second kappa shape index (κ2) is 7.55. The molecule has 0 bridgehead atoms. The number of nitrogens with zero attached hydrogens (tertiary/aromatic N) is 1. The minimum atomic E-state index is -0.942. The lowest BCUT2D eigenvalue weighted by Gasteiger charge is -2.40. The summed E-state index contributed by atoms with van der Waals surface area (Å²) in [4.78, 5) is 25.5. The molecule has 1 heterocycles. The molecule has 1 aliphatic rings. The highest BCUT2D eigenvalue weighted by atomic mass is 19.1. The van der Waals surface area contributed by atoms with Crippen LogP contribution in [0.4, 0.5) is 4.39 Å². The number of ether oxygens (including phenoxy) is 1. The Hall–Kier alpha value is -1.95. The summed E-state index contributed by atoms with van der Waals surface area (Å²) in [6.45, 7) is 3.25. The van der Waals surface area contributed by atoms with Crippen LogP contribution in [0.3, 0.4) is 0 Å². The summed E-state index contributed by atoms with van der Waals surface area (Å²) in [5.41, 5.74) is -0.200. The van der Waals surface area contributed by atoms with E-state index in [1.165, 1.54) is 12.1 Å². The Morgan fingerprint density at radius 3 is 2.61 bits per heavy atom. The van der Waals surface area contributed by atoms with Crippen molar-refractivity contribution in [1.82, 2.24) is 4.90 Å². The summed E-state index contributed by atoms with van der Waals surface area (Å²) in [5, 5.41) is 8.86. The van der Waals surface area contributed by atoms with Gasteiger partial charge in [-0.05, 0) is 37.5 Å². The number of carbonyl (C=O) groups is 2. The van der Waals surface area contributed by atoms with Crippen LogP contribution in [0.2, 0.25) is 0 Å². The molecule has 6 heteroatoms. The van der Waals surface area contributed by atoms with Gasteiger partial charge in [0.05, 0.1) is 11.8 Å². The van der Waals surface area contributed by atoms with Crippen molar-refractivity contribution in [3.05, 3.63) is 35.6 Å². The van der Waals surface area contributed by atoms with Crippen molar-refractivity contribution in [3.8, 4) is 0 Å². The van der Waals surface area contributed by atoms with Crippen LogP contribution in [-0.2, 0) is 19.7 Å². The van der Waals surface area contributed by atoms with Gasteiger partial charge in [0, 0.05) is 26.3 Å². The molecule has 0 unspecified atom stereocenters. The van der Waals surface area contributed by atoms with Crippen molar-refractivity contribution in [2.45, 2.75) is 31.6 Å². The predicted molar refractivity (Wildman–Crippen MR) is 82.6 cm³/mol. The van der Waals surface area contributed by atoms with Crippen LogP contribution in [0, 0.1) is 5.82 Å². The van der Waals surface area contributed by atoms with Crippen molar-refractivity contribution >= 4 is 11.9 Å². The van der Waals surface area contributed by atoms with E-state index in [4.69, 9.17) is 9.84 Å². The molecular formula is C17H22FNO4. The number of carboxylic acid groups (broad SMARTS) is 1. The van der Waals surface area contributed by atoms with E-state index in [0.717, 1.165) is 0 Å². The highest BCUT2D eigenvalue weighted by molar-refractivity contribution is 5.88. The standard InChI is InChI=1S/C17H22FNO4/c1-2-19(9-6-15(20)21)16(22)17(7-10-23-11-8-17)13-4-3-5-14(18)12-13/h3-5,12H,2,6-11H2,1H3,(H,20,21). The van der Waals surface area contributed by atoms with Gasteiger partial charge in [-0.2, -0.15) is 0 Å². The van der Waals surface area contributed by atoms with Crippen molar-refractivity contribution in [2.24, 2.45) is 0 Å². The molecule has 0 spiro atoms. The topological polar surface area (TPSA) is 66.8 Å². The van der Waals surface area contributed by atoms with E-state index >= 15 is 0 Å². The molecule has 1 aromatic carbocycles. The van der Waals surface area contributed by atoms with Gasteiger partial charge in [-0.3, -0.25) is 9.59 Å². The zero-order valence-electron chi connectivity index (χ0n) is 13.3. The van der Waals surface area contributed by atoms with Crippen LogP contribution >= 0.6 is 0 Å². The number of amides is 1. The number of carboxylic acids is 1. The van der Waals surface area contributed by atoms with Crippen LogP contribution in [0.25, 0.3) is 0 Å². The van der Waals surface area contributed by atoms with E-state index in [9.17, 15) is 14.0 Å². The van der Waals surface area contributed by atoms with Crippen LogP contribution in [0.15, 0.2) is 24.3 Å². The maximum absolute atomic E-state index is 13.7. The van der Waals surface area contributed by atoms with E-state index in [2.05, 4.69) is 0 Å². The lowest BCUT2D eigenvalue weighted by molar-refractivity contribution is -0.143. The lowest BCUT2D eigenvalue weighted by atomic mass is 9.73. The Kier molecular flexibility index (Phi) is 5.71. The lowest BCUT2D eigenvalue weighted by Crippen LogP contribution is -2.50. The number of rotatable bonds is 6. The largest absolute Gasteiger partial charge is 0.481 e. The van der Waals surface area contributed by atoms with Crippen LogP contribution in [0.1, 0.15) is 31.7 Å². The fraction of sp³-hybridized carbons (Fsp3) is 0.529. The zero-order valence-corrected chi connectivity index (χ0v) is 13.3. The summed E-state index contributed by atoms with van der Waals surface area (Å²) in [6, 6.07) is 6.11. The second-order valence-electron chi connectivity index (χ2n) is 5.73. The molecule has 1 fully saturated rings. The number of halogens is 1. The van der Waals surface area contributed by atoms with Gasteiger partial charge in [-0.25, -0.2) is 4.39 Å². The number of carbonyl (C=O) groups excluding carboxylic acids is 1. The molecule has 1 amide bonds. The average molecular weight is 323 g/mol. The molecule has 0 aliphatic carbocycles. The molecule has 23 heavy (non-hydrogen) atoms. The Balaban J connectivity index is 2.33.